The molecule has 2 aromatic rings. The molecule has 2 fully saturated rings. The van der Waals surface area contributed by atoms with E-state index in [0.29, 0.717) is 26.2 Å². The number of nitrogens with zero attached hydrogens (tertiary/aromatic N) is 3. The Morgan fingerprint density at radius 1 is 1.28 bits per heavy atom. The molecule has 0 spiro atoms. The Morgan fingerprint density at radius 2 is 2.16 bits per heavy atom. The number of rotatable bonds is 5. The van der Waals surface area contributed by atoms with Crippen molar-refractivity contribution in [2.75, 3.05) is 33.4 Å². The number of benzene rings is 1. The van der Waals surface area contributed by atoms with E-state index in [-0.39, 0.29) is 23.5 Å². The number of para-hydroxylation sites is 1. The molecule has 5 rings (SSSR count). The van der Waals surface area contributed by atoms with Crippen molar-refractivity contribution in [2.45, 2.75) is 50.8 Å². The summed E-state index contributed by atoms with van der Waals surface area (Å²) in [6.07, 6.45) is 3.02. The van der Waals surface area contributed by atoms with Gasteiger partial charge in [-0.15, -0.1) is 0 Å². The molecule has 0 bridgehead atoms. The maximum atomic E-state index is 12.9. The van der Waals surface area contributed by atoms with Gasteiger partial charge in [0.2, 0.25) is 0 Å². The molecule has 0 unspecified atom stereocenters. The molecule has 32 heavy (non-hydrogen) atoms. The van der Waals surface area contributed by atoms with Crippen molar-refractivity contribution in [3.8, 4) is 5.75 Å². The molecule has 4 heterocycles. The average Bonchev–Trinajstić information content (AvgIpc) is 3.52. The van der Waals surface area contributed by atoms with Crippen LogP contribution in [0.5, 0.6) is 5.75 Å². The Labute approximate surface area is 187 Å². The third-order valence-corrected chi connectivity index (χ3v) is 6.84. The smallest absolute Gasteiger partial charge is 0.255 e. The van der Waals surface area contributed by atoms with Gasteiger partial charge in [-0.1, -0.05) is 18.2 Å². The van der Waals surface area contributed by atoms with Crippen LogP contribution in [0, 0.1) is 0 Å². The highest BCUT2D eigenvalue weighted by Crippen LogP contribution is 2.28. The van der Waals surface area contributed by atoms with Crippen LogP contribution in [-0.2, 0) is 29.0 Å². The Bertz CT molecular complexity index is 1050. The minimum atomic E-state index is -0.293. The van der Waals surface area contributed by atoms with Crippen LogP contribution in [0.25, 0.3) is 0 Å². The van der Waals surface area contributed by atoms with E-state index in [1.54, 1.807) is 7.11 Å². The molecule has 2 saturated heterocycles. The van der Waals surface area contributed by atoms with Gasteiger partial charge in [-0.3, -0.25) is 14.5 Å². The summed E-state index contributed by atoms with van der Waals surface area (Å²) in [7, 11) is 1.68. The number of likely N-dealkylation sites (tertiary alicyclic amines) is 1. The number of ether oxygens (including phenoxy) is 2. The lowest BCUT2D eigenvalue weighted by molar-refractivity contribution is -0.139. The largest absolute Gasteiger partial charge is 0.496 e. The molecule has 0 radical (unpaired) electrons. The van der Waals surface area contributed by atoms with Gasteiger partial charge in [0.25, 0.3) is 11.5 Å². The lowest BCUT2D eigenvalue weighted by Crippen LogP contribution is -2.38. The van der Waals surface area contributed by atoms with Crippen LogP contribution in [0.4, 0.5) is 0 Å². The number of fused-ring (bicyclic) bond motifs is 1. The van der Waals surface area contributed by atoms with Crippen LogP contribution in [0.3, 0.4) is 0 Å². The van der Waals surface area contributed by atoms with Crippen LogP contribution in [-0.4, -0.2) is 65.1 Å². The maximum absolute atomic E-state index is 12.9. The minimum absolute atomic E-state index is 0.0568. The predicted octanol–water partition coefficient (Wildman–Crippen LogP) is 1.83. The fraction of sp³-hybridized carbons (Fsp3) is 0.542. The SMILES string of the molecule is COc1ccccc1CN1CCc2nc([C@H]3CCN(C(=O)[C@H]4CCCO4)C3)[nH]c(=O)c2C1. The number of H-pyrrole nitrogens is 1. The molecule has 0 aliphatic carbocycles. The number of amides is 1. The second-order valence-corrected chi connectivity index (χ2v) is 8.92. The van der Waals surface area contributed by atoms with Crippen molar-refractivity contribution >= 4 is 5.91 Å². The quantitative estimate of drug-likeness (QED) is 0.766. The molecule has 1 N–H and O–H groups in total. The number of hydrogen-bond acceptors (Lipinski definition) is 6. The monoisotopic (exact) mass is 438 g/mol. The van der Waals surface area contributed by atoms with E-state index >= 15 is 0 Å². The van der Waals surface area contributed by atoms with E-state index in [9.17, 15) is 9.59 Å². The van der Waals surface area contributed by atoms with Gasteiger partial charge in [-0.2, -0.15) is 0 Å². The topological polar surface area (TPSA) is 87.8 Å². The first-order valence-electron chi connectivity index (χ1n) is 11.5. The van der Waals surface area contributed by atoms with Crippen LogP contribution in [0.2, 0.25) is 0 Å². The predicted molar refractivity (Wildman–Crippen MR) is 119 cm³/mol. The standard InChI is InChI=1S/C24H30N4O4/c1-31-20-6-3-2-5-16(20)13-27-10-9-19-18(15-27)23(29)26-22(25-19)17-8-11-28(14-17)24(30)21-7-4-12-32-21/h2-3,5-6,17,21H,4,7-15H2,1H3,(H,25,26,29)/t17-,21+/m0/s1. The zero-order valence-electron chi connectivity index (χ0n) is 18.5. The number of nitrogens with one attached hydrogen (secondary N) is 1. The summed E-state index contributed by atoms with van der Waals surface area (Å²) < 4.78 is 11.0. The summed E-state index contributed by atoms with van der Waals surface area (Å²) in [5.41, 5.74) is 2.70. The third-order valence-electron chi connectivity index (χ3n) is 6.84. The number of methoxy groups -OCH3 is 1. The number of carbonyl (C=O) groups excluding carboxylic acids is 1. The second-order valence-electron chi connectivity index (χ2n) is 8.92. The van der Waals surface area contributed by atoms with E-state index in [1.807, 2.05) is 23.1 Å². The molecule has 1 amide bonds. The van der Waals surface area contributed by atoms with Gasteiger partial charge >= 0.3 is 0 Å². The summed E-state index contributed by atoms with van der Waals surface area (Å²) >= 11 is 0. The number of hydrogen-bond donors (Lipinski definition) is 1. The highest BCUT2D eigenvalue weighted by molar-refractivity contribution is 5.81. The van der Waals surface area contributed by atoms with Gasteiger partial charge in [-0.05, 0) is 25.3 Å². The Kier molecular flexibility index (Phi) is 5.97. The Balaban J connectivity index is 1.27. The van der Waals surface area contributed by atoms with Crippen LogP contribution in [0.1, 0.15) is 47.8 Å². The molecule has 170 valence electrons. The van der Waals surface area contributed by atoms with Crippen molar-refractivity contribution in [3.05, 3.63) is 57.3 Å². The van der Waals surface area contributed by atoms with E-state index < -0.39 is 0 Å². The number of aromatic nitrogens is 2. The fourth-order valence-electron chi connectivity index (χ4n) is 5.06. The average molecular weight is 439 g/mol. The lowest BCUT2D eigenvalue weighted by Gasteiger charge is -2.28. The van der Waals surface area contributed by atoms with E-state index in [1.165, 1.54) is 0 Å². The van der Waals surface area contributed by atoms with Gasteiger partial charge in [0.05, 0.1) is 18.4 Å². The molecule has 3 aliphatic rings. The summed E-state index contributed by atoms with van der Waals surface area (Å²) in [5.74, 6) is 1.74. The van der Waals surface area contributed by atoms with Gasteiger partial charge in [0, 0.05) is 57.2 Å². The molecule has 1 aromatic carbocycles. The summed E-state index contributed by atoms with van der Waals surface area (Å²) in [6.45, 7) is 4.10. The zero-order chi connectivity index (χ0) is 22.1. The first-order chi connectivity index (χ1) is 15.6. The number of aromatic amines is 1. The van der Waals surface area contributed by atoms with E-state index in [0.717, 1.165) is 67.2 Å². The highest BCUT2D eigenvalue weighted by atomic mass is 16.5. The van der Waals surface area contributed by atoms with Crippen LogP contribution >= 0.6 is 0 Å². The van der Waals surface area contributed by atoms with E-state index in [4.69, 9.17) is 14.5 Å². The normalized spacial score (nSPS) is 23.3. The Hall–Kier alpha value is -2.71. The molecule has 0 saturated carbocycles. The zero-order valence-corrected chi connectivity index (χ0v) is 18.5. The van der Waals surface area contributed by atoms with Crippen molar-refractivity contribution in [2.24, 2.45) is 0 Å². The molecular weight excluding hydrogens is 408 g/mol. The van der Waals surface area contributed by atoms with Crippen LogP contribution in [0.15, 0.2) is 29.1 Å². The van der Waals surface area contributed by atoms with Crippen molar-refractivity contribution in [1.29, 1.82) is 0 Å². The molecule has 8 nitrogen and oxygen atoms in total. The third kappa shape index (κ3) is 4.17. The number of carbonyl (C=O) groups is 1. The highest BCUT2D eigenvalue weighted by Gasteiger charge is 2.35. The lowest BCUT2D eigenvalue weighted by atomic mass is 10.0. The second kappa shape index (κ2) is 9.03. The fourth-order valence-corrected chi connectivity index (χ4v) is 5.06. The van der Waals surface area contributed by atoms with E-state index in [2.05, 4.69) is 16.0 Å². The first-order valence-corrected chi connectivity index (χ1v) is 11.5. The molecule has 8 heteroatoms. The van der Waals surface area contributed by atoms with Gasteiger partial charge < -0.3 is 19.4 Å². The van der Waals surface area contributed by atoms with Crippen LogP contribution < -0.4 is 10.3 Å². The maximum Gasteiger partial charge on any atom is 0.255 e. The van der Waals surface area contributed by atoms with Crippen molar-refractivity contribution < 1.29 is 14.3 Å². The van der Waals surface area contributed by atoms with Gasteiger partial charge in [0.15, 0.2) is 0 Å². The van der Waals surface area contributed by atoms with Gasteiger partial charge in [-0.25, -0.2) is 4.98 Å². The molecule has 3 aliphatic heterocycles. The van der Waals surface area contributed by atoms with Crippen molar-refractivity contribution in [1.82, 2.24) is 19.8 Å². The van der Waals surface area contributed by atoms with Gasteiger partial charge in [0.1, 0.15) is 17.7 Å². The first kappa shape index (κ1) is 21.2. The Morgan fingerprint density at radius 3 is 2.97 bits per heavy atom. The summed E-state index contributed by atoms with van der Waals surface area (Å²) in [4.78, 5) is 37.6. The molecular formula is C24H30N4O4. The molecule has 2 atom stereocenters. The minimum Gasteiger partial charge on any atom is -0.496 e. The molecule has 1 aromatic heterocycles. The summed E-state index contributed by atoms with van der Waals surface area (Å²) in [5, 5.41) is 0. The van der Waals surface area contributed by atoms with Crippen molar-refractivity contribution in [3.63, 3.8) is 0 Å². The summed E-state index contributed by atoms with van der Waals surface area (Å²) in [6, 6.07) is 7.99.